The maximum absolute atomic E-state index is 2.45. The highest BCUT2D eigenvalue weighted by atomic mass is 32.2. The number of thioether (sulfide) groups is 1. The fourth-order valence-electron chi connectivity index (χ4n) is 3.65. The van der Waals surface area contributed by atoms with Gasteiger partial charge in [-0.25, -0.2) is 0 Å². The Morgan fingerprint density at radius 2 is 1.81 bits per heavy atom. The standard InChI is InChI=1S/C22H19N2S2/c1-3-24-21(14-20-23(2)17-10-6-7-11-18(17)25-20)26-19-13-12-15-8-4-5-9-16(15)22(19)24/h4-14H,3H2,1-2H3/q+1. The second-order valence-corrected chi connectivity index (χ2v) is 8.55. The van der Waals surface area contributed by atoms with E-state index in [1.165, 1.54) is 41.6 Å². The van der Waals surface area contributed by atoms with Crippen molar-refractivity contribution in [3.63, 3.8) is 0 Å². The molecule has 4 aromatic rings. The molecule has 0 unspecified atom stereocenters. The average Bonchev–Trinajstić information content (AvgIpc) is 3.19. The van der Waals surface area contributed by atoms with Gasteiger partial charge in [0.25, 0.3) is 5.01 Å². The number of fused-ring (bicyclic) bond motifs is 4. The number of anilines is 1. The molecular formula is C22H19N2S2+. The highest BCUT2D eigenvalue weighted by Crippen LogP contribution is 2.45. The zero-order valence-electron chi connectivity index (χ0n) is 14.8. The van der Waals surface area contributed by atoms with Crippen molar-refractivity contribution in [1.82, 2.24) is 0 Å². The Hall–Kier alpha value is -2.30. The number of benzene rings is 3. The molecule has 0 bridgehead atoms. The van der Waals surface area contributed by atoms with Gasteiger partial charge in [-0.15, -0.1) is 0 Å². The molecule has 128 valence electrons. The van der Waals surface area contributed by atoms with E-state index in [2.05, 4.69) is 90.2 Å². The van der Waals surface area contributed by atoms with Crippen LogP contribution >= 0.6 is 23.1 Å². The van der Waals surface area contributed by atoms with Crippen molar-refractivity contribution in [2.75, 3.05) is 11.9 Å². The van der Waals surface area contributed by atoms with Crippen LogP contribution in [0.3, 0.4) is 0 Å². The Labute approximate surface area is 161 Å². The van der Waals surface area contributed by atoms with Gasteiger partial charge >= 0.3 is 0 Å². The second-order valence-electron chi connectivity index (χ2n) is 6.43. The Bertz CT molecular complexity index is 1170. The van der Waals surface area contributed by atoms with Gasteiger partial charge < -0.3 is 4.90 Å². The summed E-state index contributed by atoms with van der Waals surface area (Å²) in [6.45, 7) is 3.20. The van der Waals surface area contributed by atoms with Crippen LogP contribution in [0.1, 0.15) is 11.9 Å². The first-order chi connectivity index (χ1) is 12.8. The largest absolute Gasteiger partial charge is 0.338 e. The topological polar surface area (TPSA) is 7.12 Å². The third-order valence-corrected chi connectivity index (χ3v) is 7.21. The summed E-state index contributed by atoms with van der Waals surface area (Å²) in [5.41, 5.74) is 2.64. The molecule has 1 aliphatic heterocycles. The monoisotopic (exact) mass is 375 g/mol. The summed E-state index contributed by atoms with van der Waals surface area (Å²) in [5, 5.41) is 5.23. The first kappa shape index (κ1) is 15.9. The van der Waals surface area contributed by atoms with Crippen LogP contribution in [0.4, 0.5) is 5.69 Å². The first-order valence-electron chi connectivity index (χ1n) is 8.82. The third kappa shape index (κ3) is 2.37. The van der Waals surface area contributed by atoms with Crippen molar-refractivity contribution in [3.05, 3.63) is 70.7 Å². The molecule has 26 heavy (non-hydrogen) atoms. The SMILES string of the molecule is CC[n+]1c(C=C2Sc3ccccc3N2C)sc2ccc3ccccc3c21. The number of rotatable bonds is 2. The molecular weight excluding hydrogens is 356 g/mol. The van der Waals surface area contributed by atoms with E-state index in [0.29, 0.717) is 0 Å². The van der Waals surface area contributed by atoms with E-state index in [4.69, 9.17) is 0 Å². The molecule has 5 rings (SSSR count). The van der Waals surface area contributed by atoms with Crippen LogP contribution in [-0.2, 0) is 6.54 Å². The molecule has 2 heterocycles. The Morgan fingerprint density at radius 3 is 2.65 bits per heavy atom. The number of hydrogen-bond donors (Lipinski definition) is 0. The van der Waals surface area contributed by atoms with Crippen molar-refractivity contribution in [2.45, 2.75) is 18.4 Å². The lowest BCUT2D eigenvalue weighted by Crippen LogP contribution is -2.33. The van der Waals surface area contributed by atoms with E-state index < -0.39 is 0 Å². The Balaban J connectivity index is 1.70. The maximum atomic E-state index is 2.45. The number of aromatic nitrogens is 1. The van der Waals surface area contributed by atoms with Crippen LogP contribution < -0.4 is 9.47 Å². The van der Waals surface area contributed by atoms with Gasteiger partial charge in [0.15, 0.2) is 0 Å². The van der Waals surface area contributed by atoms with Crippen LogP contribution in [0, 0.1) is 0 Å². The van der Waals surface area contributed by atoms with E-state index in [-0.39, 0.29) is 0 Å². The van der Waals surface area contributed by atoms with Gasteiger partial charge in [-0.1, -0.05) is 59.5 Å². The number of hydrogen-bond acceptors (Lipinski definition) is 3. The van der Waals surface area contributed by atoms with Crippen molar-refractivity contribution >= 4 is 55.9 Å². The summed E-state index contributed by atoms with van der Waals surface area (Å²) in [4.78, 5) is 3.62. The van der Waals surface area contributed by atoms with Gasteiger partial charge in [-0.2, -0.15) is 4.57 Å². The molecule has 0 radical (unpaired) electrons. The molecule has 0 spiro atoms. The molecule has 1 aromatic heterocycles. The molecule has 0 atom stereocenters. The summed E-state index contributed by atoms with van der Waals surface area (Å²) < 4.78 is 3.80. The average molecular weight is 376 g/mol. The number of aryl methyl sites for hydroxylation is 1. The summed E-state index contributed by atoms with van der Waals surface area (Å²) in [6.07, 6.45) is 2.34. The molecule has 3 aromatic carbocycles. The van der Waals surface area contributed by atoms with E-state index in [9.17, 15) is 0 Å². The highest BCUT2D eigenvalue weighted by molar-refractivity contribution is 8.03. The Morgan fingerprint density at radius 1 is 1.00 bits per heavy atom. The predicted molar refractivity (Wildman–Crippen MR) is 114 cm³/mol. The molecule has 0 amide bonds. The summed E-state index contributed by atoms with van der Waals surface area (Å²) in [7, 11) is 2.16. The first-order valence-corrected chi connectivity index (χ1v) is 10.5. The van der Waals surface area contributed by atoms with Crippen molar-refractivity contribution in [3.8, 4) is 0 Å². The molecule has 0 N–H and O–H groups in total. The molecule has 2 nitrogen and oxygen atoms in total. The molecule has 4 heteroatoms. The quantitative estimate of drug-likeness (QED) is 0.403. The van der Waals surface area contributed by atoms with Crippen LogP contribution in [-0.4, -0.2) is 7.05 Å². The minimum atomic E-state index is 0.967. The minimum absolute atomic E-state index is 0.967. The lowest BCUT2D eigenvalue weighted by molar-refractivity contribution is -0.664. The van der Waals surface area contributed by atoms with E-state index >= 15 is 0 Å². The molecule has 0 fully saturated rings. The molecule has 0 aliphatic carbocycles. The summed E-state index contributed by atoms with van der Waals surface area (Å²) in [6, 6.07) is 21.8. The van der Waals surface area contributed by atoms with Crippen LogP contribution in [0.25, 0.3) is 27.1 Å². The molecule has 0 saturated carbocycles. The second kappa shape index (κ2) is 6.15. The normalized spacial score (nSPS) is 15.3. The third-order valence-electron chi connectivity index (χ3n) is 4.95. The van der Waals surface area contributed by atoms with Crippen LogP contribution in [0.15, 0.2) is 70.6 Å². The van der Waals surface area contributed by atoms with E-state index in [1.807, 2.05) is 23.1 Å². The fourth-order valence-corrected chi connectivity index (χ4v) is 5.99. The van der Waals surface area contributed by atoms with E-state index in [1.54, 1.807) is 0 Å². The summed E-state index contributed by atoms with van der Waals surface area (Å²) in [5.74, 6) is 0. The van der Waals surface area contributed by atoms with Crippen LogP contribution in [0.2, 0.25) is 0 Å². The van der Waals surface area contributed by atoms with Crippen LogP contribution in [0.5, 0.6) is 0 Å². The summed E-state index contributed by atoms with van der Waals surface area (Å²) >= 11 is 3.73. The van der Waals surface area contributed by atoms with Crippen molar-refractivity contribution in [2.24, 2.45) is 0 Å². The van der Waals surface area contributed by atoms with E-state index in [0.717, 1.165) is 6.54 Å². The van der Waals surface area contributed by atoms with Crippen molar-refractivity contribution < 1.29 is 4.57 Å². The van der Waals surface area contributed by atoms with Gasteiger partial charge in [-0.05, 0) is 36.6 Å². The van der Waals surface area contributed by atoms with Gasteiger partial charge in [0.05, 0.1) is 22.2 Å². The minimum Gasteiger partial charge on any atom is -0.338 e. The zero-order chi connectivity index (χ0) is 17.7. The van der Waals surface area contributed by atoms with Gasteiger partial charge in [-0.3, -0.25) is 0 Å². The van der Waals surface area contributed by atoms with Gasteiger partial charge in [0.2, 0.25) is 5.52 Å². The lowest BCUT2D eigenvalue weighted by atomic mass is 10.1. The number of nitrogens with zero attached hydrogens (tertiary/aromatic N) is 2. The van der Waals surface area contributed by atoms with Gasteiger partial charge in [0.1, 0.15) is 11.2 Å². The zero-order valence-corrected chi connectivity index (χ0v) is 16.4. The number of para-hydroxylation sites is 1. The fraction of sp³-hybridized carbons (Fsp3) is 0.136. The smallest absolute Gasteiger partial charge is 0.265 e. The lowest BCUT2D eigenvalue weighted by Gasteiger charge is -2.12. The van der Waals surface area contributed by atoms with Gasteiger partial charge in [0, 0.05) is 11.9 Å². The predicted octanol–water partition coefficient (Wildman–Crippen LogP) is 5.90. The maximum Gasteiger partial charge on any atom is 0.265 e. The Kier molecular flexibility index (Phi) is 3.76. The van der Waals surface area contributed by atoms with Crippen molar-refractivity contribution in [1.29, 1.82) is 0 Å². The number of thiazole rings is 1. The molecule has 0 saturated heterocycles. The molecule has 1 aliphatic rings. The highest BCUT2D eigenvalue weighted by Gasteiger charge is 2.25.